The number of amides is 1. The van der Waals surface area contributed by atoms with Gasteiger partial charge in [0.15, 0.2) is 0 Å². The summed E-state index contributed by atoms with van der Waals surface area (Å²) in [7, 11) is 0. The van der Waals surface area contributed by atoms with Gasteiger partial charge in [0.1, 0.15) is 24.0 Å². The fourth-order valence-electron chi connectivity index (χ4n) is 4.03. The number of carbonyl (C=O) groups is 1. The van der Waals surface area contributed by atoms with E-state index < -0.39 is 0 Å². The van der Waals surface area contributed by atoms with E-state index in [1.54, 1.807) is 6.33 Å². The Hall–Kier alpha value is -3.52. The molecule has 2 aromatic carbocycles. The number of aromatic nitrogens is 3. The number of hydrogen-bond donors (Lipinski definition) is 2. The zero-order valence-corrected chi connectivity index (χ0v) is 23.0. The van der Waals surface area contributed by atoms with Crippen LogP contribution in [0, 0.1) is 13.8 Å². The number of rotatable bonds is 11. The lowest BCUT2D eigenvalue weighted by molar-refractivity contribution is -0.121. The van der Waals surface area contributed by atoms with Crippen molar-refractivity contribution < 1.29 is 9.53 Å². The number of alkyl halides is 1. The normalized spacial score (nSPS) is 11.8. The van der Waals surface area contributed by atoms with Crippen LogP contribution in [0.5, 0.6) is 5.75 Å². The summed E-state index contributed by atoms with van der Waals surface area (Å²) in [4.78, 5) is 25.3. The molecule has 0 spiro atoms. The first-order valence-electron chi connectivity index (χ1n) is 12.4. The smallest absolute Gasteiger partial charge is 0.220 e. The Kier molecular flexibility index (Phi) is 9.06. The highest BCUT2D eigenvalue weighted by molar-refractivity contribution is 9.09. The van der Waals surface area contributed by atoms with E-state index >= 15 is 0 Å². The molecule has 1 atom stereocenters. The van der Waals surface area contributed by atoms with Crippen molar-refractivity contribution in [2.45, 2.75) is 46.1 Å². The number of pyridine rings is 1. The van der Waals surface area contributed by atoms with Crippen molar-refractivity contribution in [1.82, 2.24) is 20.3 Å². The lowest BCUT2D eigenvalue weighted by atomic mass is 10.0. The van der Waals surface area contributed by atoms with Crippen LogP contribution in [0.4, 0.5) is 11.5 Å². The summed E-state index contributed by atoms with van der Waals surface area (Å²) in [5, 5.41) is 8.00. The molecule has 0 saturated carbocycles. The van der Waals surface area contributed by atoms with Crippen molar-refractivity contribution in [3.05, 3.63) is 83.4 Å². The molecule has 0 aliphatic rings. The molecular weight excluding hydrogens is 530 g/mol. The van der Waals surface area contributed by atoms with Crippen LogP contribution in [0.25, 0.3) is 10.9 Å². The number of aryl methyl sites for hydroxylation is 2. The predicted octanol–water partition coefficient (Wildman–Crippen LogP) is 6.03. The molecule has 37 heavy (non-hydrogen) atoms. The van der Waals surface area contributed by atoms with Crippen LogP contribution in [-0.2, 0) is 11.2 Å². The van der Waals surface area contributed by atoms with E-state index in [4.69, 9.17) is 4.74 Å². The second-order valence-electron chi connectivity index (χ2n) is 9.15. The molecule has 2 N–H and O–H groups in total. The molecule has 4 rings (SSSR count). The Morgan fingerprint density at radius 3 is 2.70 bits per heavy atom. The standard InChI is InChI=1S/C29H32BrN5O2/c1-19-14-24(12-11-23(19)15-22-10-9-20(2)31-17-22)35-29-28-25(33-18-34-29)6-4-7-26(28)37-21(3)16-32-27(36)8-5-13-30/h4,6-7,9-12,14,17-18,21H,5,8,13,15-16H2,1-3H3,(H,32,36)(H,33,34,35). The van der Waals surface area contributed by atoms with Gasteiger partial charge < -0.3 is 15.4 Å². The van der Waals surface area contributed by atoms with Gasteiger partial charge in [-0.2, -0.15) is 0 Å². The number of benzene rings is 2. The Balaban J connectivity index is 1.50. The van der Waals surface area contributed by atoms with Gasteiger partial charge in [0, 0.05) is 29.3 Å². The summed E-state index contributed by atoms with van der Waals surface area (Å²) < 4.78 is 6.23. The molecule has 0 fully saturated rings. The highest BCUT2D eigenvalue weighted by atomic mass is 79.9. The van der Waals surface area contributed by atoms with Gasteiger partial charge in [0.2, 0.25) is 5.91 Å². The molecule has 1 unspecified atom stereocenters. The molecule has 0 bridgehead atoms. The fraction of sp³-hybridized carbons (Fsp3) is 0.310. The highest BCUT2D eigenvalue weighted by Gasteiger charge is 2.14. The molecule has 0 radical (unpaired) electrons. The van der Waals surface area contributed by atoms with Crippen molar-refractivity contribution in [3.63, 3.8) is 0 Å². The van der Waals surface area contributed by atoms with E-state index in [0.717, 1.165) is 40.5 Å². The van der Waals surface area contributed by atoms with Gasteiger partial charge in [-0.25, -0.2) is 9.97 Å². The summed E-state index contributed by atoms with van der Waals surface area (Å²) in [6, 6.07) is 16.2. The first-order chi connectivity index (χ1) is 17.9. The number of anilines is 2. The maximum atomic E-state index is 12.0. The van der Waals surface area contributed by atoms with Crippen molar-refractivity contribution in [2.75, 3.05) is 17.2 Å². The molecule has 4 aromatic rings. The Bertz CT molecular complexity index is 1360. The lowest BCUT2D eigenvalue weighted by Gasteiger charge is -2.18. The summed E-state index contributed by atoms with van der Waals surface area (Å²) >= 11 is 3.35. The van der Waals surface area contributed by atoms with E-state index in [1.165, 1.54) is 16.7 Å². The van der Waals surface area contributed by atoms with Crippen LogP contribution >= 0.6 is 15.9 Å². The van der Waals surface area contributed by atoms with E-state index in [9.17, 15) is 4.79 Å². The van der Waals surface area contributed by atoms with E-state index in [0.29, 0.717) is 24.5 Å². The largest absolute Gasteiger partial charge is 0.488 e. The molecule has 8 heteroatoms. The maximum Gasteiger partial charge on any atom is 0.220 e. The van der Waals surface area contributed by atoms with Gasteiger partial charge in [-0.1, -0.05) is 34.1 Å². The molecule has 1 amide bonds. The highest BCUT2D eigenvalue weighted by Crippen LogP contribution is 2.32. The van der Waals surface area contributed by atoms with Gasteiger partial charge in [0.05, 0.1) is 17.4 Å². The molecular formula is C29H32BrN5O2. The Morgan fingerprint density at radius 1 is 1.08 bits per heavy atom. The average molecular weight is 563 g/mol. The second kappa shape index (κ2) is 12.6. The van der Waals surface area contributed by atoms with Crippen molar-refractivity contribution in [2.24, 2.45) is 0 Å². The van der Waals surface area contributed by atoms with Crippen LogP contribution < -0.4 is 15.4 Å². The number of ether oxygens (including phenoxy) is 1. The molecule has 0 aliphatic carbocycles. The quantitative estimate of drug-likeness (QED) is 0.217. The van der Waals surface area contributed by atoms with Gasteiger partial charge in [-0.05, 0) is 80.6 Å². The number of nitrogens with one attached hydrogen (secondary N) is 2. The van der Waals surface area contributed by atoms with E-state index in [1.807, 2.05) is 44.3 Å². The topological polar surface area (TPSA) is 89.0 Å². The van der Waals surface area contributed by atoms with Gasteiger partial charge >= 0.3 is 0 Å². The number of halogens is 1. The van der Waals surface area contributed by atoms with Crippen molar-refractivity contribution >= 4 is 44.2 Å². The van der Waals surface area contributed by atoms with E-state index in [-0.39, 0.29) is 12.0 Å². The summed E-state index contributed by atoms with van der Waals surface area (Å²) in [5.74, 6) is 1.36. The summed E-state index contributed by atoms with van der Waals surface area (Å²) in [5.41, 5.74) is 6.36. The van der Waals surface area contributed by atoms with Gasteiger partial charge in [-0.15, -0.1) is 0 Å². The van der Waals surface area contributed by atoms with Crippen molar-refractivity contribution in [1.29, 1.82) is 0 Å². The number of nitrogens with zero attached hydrogens (tertiary/aromatic N) is 3. The van der Waals surface area contributed by atoms with E-state index in [2.05, 4.69) is 72.7 Å². The average Bonchev–Trinajstić information content (AvgIpc) is 2.89. The van der Waals surface area contributed by atoms with Crippen LogP contribution in [0.1, 0.15) is 42.1 Å². The Labute approximate surface area is 226 Å². The SMILES string of the molecule is Cc1ccc(Cc2ccc(Nc3ncnc4cccc(OC(C)CNC(=O)CCCBr)c34)cc2C)cn1. The summed E-state index contributed by atoms with van der Waals surface area (Å²) in [6.45, 7) is 6.47. The third-order valence-electron chi connectivity index (χ3n) is 6.05. The molecule has 192 valence electrons. The number of hydrogen-bond acceptors (Lipinski definition) is 6. The van der Waals surface area contributed by atoms with Crippen LogP contribution in [-0.4, -0.2) is 38.8 Å². The lowest BCUT2D eigenvalue weighted by Crippen LogP contribution is -2.33. The number of carbonyl (C=O) groups excluding carboxylic acids is 1. The van der Waals surface area contributed by atoms with Gasteiger partial charge in [-0.3, -0.25) is 9.78 Å². The third-order valence-corrected chi connectivity index (χ3v) is 6.61. The molecule has 2 aromatic heterocycles. The van der Waals surface area contributed by atoms with Crippen LogP contribution in [0.2, 0.25) is 0 Å². The fourth-order valence-corrected chi connectivity index (χ4v) is 4.32. The first kappa shape index (κ1) is 26.5. The zero-order valence-electron chi connectivity index (χ0n) is 21.4. The first-order valence-corrected chi connectivity index (χ1v) is 13.6. The minimum absolute atomic E-state index is 0.0240. The monoisotopic (exact) mass is 561 g/mol. The molecule has 0 aliphatic heterocycles. The summed E-state index contributed by atoms with van der Waals surface area (Å²) in [6.07, 6.45) is 5.40. The van der Waals surface area contributed by atoms with Crippen molar-refractivity contribution in [3.8, 4) is 5.75 Å². The predicted molar refractivity (Wildman–Crippen MR) is 152 cm³/mol. The van der Waals surface area contributed by atoms with Gasteiger partial charge in [0.25, 0.3) is 0 Å². The van der Waals surface area contributed by atoms with Crippen LogP contribution in [0.3, 0.4) is 0 Å². The molecule has 2 heterocycles. The third kappa shape index (κ3) is 7.26. The van der Waals surface area contributed by atoms with Crippen LogP contribution in [0.15, 0.2) is 61.1 Å². The minimum Gasteiger partial charge on any atom is -0.488 e. The minimum atomic E-state index is -0.218. The molecule has 0 saturated heterocycles. The Morgan fingerprint density at radius 2 is 1.95 bits per heavy atom. The molecule has 7 nitrogen and oxygen atoms in total. The second-order valence-corrected chi connectivity index (χ2v) is 9.94. The zero-order chi connectivity index (χ0) is 26.2. The number of fused-ring (bicyclic) bond motifs is 1. The maximum absolute atomic E-state index is 12.0.